The zero-order valence-electron chi connectivity index (χ0n) is 11.7. The molecule has 0 saturated carbocycles. The molecule has 4 heteroatoms. The van der Waals surface area contributed by atoms with Crippen LogP contribution in [0.1, 0.15) is 21.5 Å². The second-order valence-electron chi connectivity index (χ2n) is 4.89. The number of Topliss-reactive ketones (excluding diaryl/α,β-unsaturated/α-hetero) is 1. The van der Waals surface area contributed by atoms with Crippen molar-refractivity contribution in [2.45, 2.75) is 6.54 Å². The minimum absolute atomic E-state index is 0.107. The molecule has 2 rings (SSSR count). The summed E-state index contributed by atoms with van der Waals surface area (Å²) in [6.45, 7) is 0.646. The minimum Gasteiger partial charge on any atom is -0.295 e. The van der Waals surface area contributed by atoms with Crippen LogP contribution in [0.15, 0.2) is 48.5 Å². The summed E-state index contributed by atoms with van der Waals surface area (Å²) in [5, 5.41) is 8.86. The molecule has 0 radical (unpaired) electrons. The molecule has 3 nitrogen and oxygen atoms in total. The first-order valence-corrected chi connectivity index (χ1v) is 6.55. The lowest BCUT2D eigenvalue weighted by atomic mass is 10.1. The monoisotopic (exact) mass is 282 g/mol. The van der Waals surface area contributed by atoms with Crippen molar-refractivity contribution in [2.24, 2.45) is 0 Å². The molecule has 0 aliphatic rings. The van der Waals surface area contributed by atoms with Crippen molar-refractivity contribution in [3.05, 3.63) is 71.0 Å². The molecule has 0 aromatic heterocycles. The molecule has 0 N–H and O–H groups in total. The Morgan fingerprint density at radius 1 is 1.24 bits per heavy atom. The Morgan fingerprint density at radius 3 is 2.71 bits per heavy atom. The summed E-state index contributed by atoms with van der Waals surface area (Å²) in [5.41, 5.74) is 1.63. The average molecular weight is 282 g/mol. The average Bonchev–Trinajstić information content (AvgIpc) is 2.47. The highest BCUT2D eigenvalue weighted by atomic mass is 19.1. The van der Waals surface area contributed by atoms with Gasteiger partial charge in [-0.3, -0.25) is 9.69 Å². The molecule has 106 valence electrons. The van der Waals surface area contributed by atoms with Crippen molar-refractivity contribution in [2.75, 3.05) is 13.6 Å². The molecule has 0 bridgehead atoms. The third-order valence-corrected chi connectivity index (χ3v) is 3.10. The Labute approximate surface area is 123 Å². The van der Waals surface area contributed by atoms with Gasteiger partial charge in [-0.15, -0.1) is 0 Å². The van der Waals surface area contributed by atoms with Gasteiger partial charge >= 0.3 is 0 Å². The van der Waals surface area contributed by atoms with E-state index in [1.165, 1.54) is 12.1 Å². The first-order valence-electron chi connectivity index (χ1n) is 6.55. The number of carbonyl (C=O) groups is 1. The quantitative estimate of drug-likeness (QED) is 0.792. The van der Waals surface area contributed by atoms with Crippen molar-refractivity contribution in [3.63, 3.8) is 0 Å². The van der Waals surface area contributed by atoms with Crippen molar-refractivity contribution in [3.8, 4) is 6.07 Å². The van der Waals surface area contributed by atoms with Crippen LogP contribution < -0.4 is 0 Å². The predicted molar refractivity (Wildman–Crippen MR) is 78.2 cm³/mol. The third kappa shape index (κ3) is 3.98. The standard InChI is InChI=1S/C17H15FN2O/c1-20(11-14-6-4-5-13(9-14)10-19)12-17(21)15-7-2-3-8-16(15)18/h2-9H,11-12H2,1H3. The molecule has 0 atom stereocenters. The van der Waals surface area contributed by atoms with Crippen LogP contribution >= 0.6 is 0 Å². The highest BCUT2D eigenvalue weighted by Gasteiger charge is 2.13. The van der Waals surface area contributed by atoms with Crippen molar-refractivity contribution >= 4 is 5.78 Å². The zero-order valence-corrected chi connectivity index (χ0v) is 11.7. The van der Waals surface area contributed by atoms with Gasteiger partial charge in [0, 0.05) is 6.54 Å². The van der Waals surface area contributed by atoms with E-state index < -0.39 is 5.82 Å². The van der Waals surface area contributed by atoms with Crippen molar-refractivity contribution < 1.29 is 9.18 Å². The van der Waals surface area contributed by atoms with Crippen molar-refractivity contribution in [1.29, 1.82) is 5.26 Å². The second-order valence-corrected chi connectivity index (χ2v) is 4.89. The van der Waals surface area contributed by atoms with Crippen LogP contribution in [0.3, 0.4) is 0 Å². The smallest absolute Gasteiger partial charge is 0.179 e. The summed E-state index contributed by atoms with van der Waals surface area (Å²) in [6, 6.07) is 15.3. The van der Waals surface area contributed by atoms with E-state index in [0.717, 1.165) is 5.56 Å². The van der Waals surface area contributed by atoms with E-state index in [1.807, 2.05) is 6.07 Å². The molecule has 0 saturated heterocycles. The van der Waals surface area contributed by atoms with Crippen LogP contribution in [-0.2, 0) is 6.54 Å². The molecule has 2 aromatic rings. The number of carbonyl (C=O) groups excluding carboxylic acids is 1. The molecule has 0 amide bonds. The Bertz CT molecular complexity index is 691. The van der Waals surface area contributed by atoms with Crippen LogP contribution in [0.2, 0.25) is 0 Å². The number of likely N-dealkylation sites (N-methyl/N-ethyl adjacent to an activating group) is 1. The molecule has 0 heterocycles. The van der Waals surface area contributed by atoms with Gasteiger partial charge in [-0.2, -0.15) is 5.26 Å². The molecule has 2 aromatic carbocycles. The van der Waals surface area contributed by atoms with Crippen LogP contribution in [-0.4, -0.2) is 24.3 Å². The first-order chi connectivity index (χ1) is 10.1. The molecular weight excluding hydrogens is 267 g/mol. The fraction of sp³-hybridized carbons (Fsp3) is 0.176. The van der Waals surface area contributed by atoms with Gasteiger partial charge in [0.05, 0.1) is 23.7 Å². The number of nitrogens with zero attached hydrogens (tertiary/aromatic N) is 2. The normalized spacial score (nSPS) is 10.4. The summed E-state index contributed by atoms with van der Waals surface area (Å²) in [7, 11) is 1.79. The summed E-state index contributed by atoms with van der Waals surface area (Å²) in [4.78, 5) is 13.9. The summed E-state index contributed by atoms with van der Waals surface area (Å²) in [5.74, 6) is -0.755. The van der Waals surface area contributed by atoms with Gasteiger partial charge in [-0.05, 0) is 36.9 Å². The maximum Gasteiger partial charge on any atom is 0.179 e. The Balaban J connectivity index is 2.02. The number of nitriles is 1. The Kier molecular flexibility index (Phi) is 4.81. The fourth-order valence-electron chi connectivity index (χ4n) is 2.12. The Hall–Kier alpha value is -2.51. The van der Waals surface area contributed by atoms with E-state index in [1.54, 1.807) is 42.3 Å². The number of benzene rings is 2. The fourth-order valence-corrected chi connectivity index (χ4v) is 2.12. The van der Waals surface area contributed by atoms with E-state index in [2.05, 4.69) is 6.07 Å². The molecule has 0 fully saturated rings. The number of halogens is 1. The maximum absolute atomic E-state index is 13.5. The molecule has 21 heavy (non-hydrogen) atoms. The highest BCUT2D eigenvalue weighted by molar-refractivity contribution is 5.97. The van der Waals surface area contributed by atoms with Gasteiger partial charge in [0.1, 0.15) is 5.82 Å². The third-order valence-electron chi connectivity index (χ3n) is 3.10. The van der Waals surface area contributed by atoms with E-state index in [9.17, 15) is 9.18 Å². The van der Waals surface area contributed by atoms with E-state index in [4.69, 9.17) is 5.26 Å². The topological polar surface area (TPSA) is 44.1 Å². The van der Waals surface area contributed by atoms with Gasteiger partial charge in [-0.1, -0.05) is 24.3 Å². The maximum atomic E-state index is 13.5. The molecule has 0 spiro atoms. The number of hydrogen-bond donors (Lipinski definition) is 0. The molecule has 0 aliphatic heterocycles. The first kappa shape index (κ1) is 14.9. The van der Waals surface area contributed by atoms with Crippen LogP contribution in [0.25, 0.3) is 0 Å². The van der Waals surface area contributed by atoms with Crippen molar-refractivity contribution in [1.82, 2.24) is 4.90 Å². The minimum atomic E-state index is -0.498. The highest BCUT2D eigenvalue weighted by Crippen LogP contribution is 2.10. The van der Waals surface area contributed by atoms with Gasteiger partial charge in [0.25, 0.3) is 0 Å². The second kappa shape index (κ2) is 6.78. The van der Waals surface area contributed by atoms with Gasteiger partial charge in [0.15, 0.2) is 5.78 Å². The molecular formula is C17H15FN2O. The van der Waals surface area contributed by atoms with Gasteiger partial charge in [-0.25, -0.2) is 4.39 Å². The number of rotatable bonds is 5. The lowest BCUT2D eigenvalue weighted by Crippen LogP contribution is -2.26. The lowest BCUT2D eigenvalue weighted by molar-refractivity contribution is 0.0939. The largest absolute Gasteiger partial charge is 0.295 e. The summed E-state index contributed by atoms with van der Waals surface area (Å²) >= 11 is 0. The van der Waals surface area contributed by atoms with Crippen LogP contribution in [0, 0.1) is 17.1 Å². The number of ketones is 1. The van der Waals surface area contributed by atoms with Crippen LogP contribution in [0.4, 0.5) is 4.39 Å². The van der Waals surface area contributed by atoms with E-state index in [0.29, 0.717) is 12.1 Å². The summed E-state index contributed by atoms with van der Waals surface area (Å²) < 4.78 is 13.5. The Morgan fingerprint density at radius 2 is 2.00 bits per heavy atom. The van der Waals surface area contributed by atoms with Gasteiger partial charge in [0.2, 0.25) is 0 Å². The molecule has 0 aliphatic carbocycles. The van der Waals surface area contributed by atoms with Crippen LogP contribution in [0.5, 0.6) is 0 Å². The van der Waals surface area contributed by atoms with E-state index in [-0.39, 0.29) is 17.9 Å². The SMILES string of the molecule is CN(CC(=O)c1ccccc1F)Cc1cccc(C#N)c1. The lowest BCUT2D eigenvalue weighted by Gasteiger charge is -2.16. The number of hydrogen-bond acceptors (Lipinski definition) is 3. The summed E-state index contributed by atoms with van der Waals surface area (Å²) in [6.07, 6.45) is 0. The predicted octanol–water partition coefficient (Wildman–Crippen LogP) is 3.01. The van der Waals surface area contributed by atoms with E-state index >= 15 is 0 Å². The zero-order chi connectivity index (χ0) is 15.2. The molecule has 0 unspecified atom stereocenters. The van der Waals surface area contributed by atoms with Gasteiger partial charge < -0.3 is 0 Å².